The van der Waals surface area contributed by atoms with Gasteiger partial charge in [0, 0.05) is 23.7 Å². The molecule has 2 amide bonds. The van der Waals surface area contributed by atoms with E-state index in [9.17, 15) is 4.79 Å². The van der Waals surface area contributed by atoms with Crippen LogP contribution in [0.2, 0.25) is 0 Å². The van der Waals surface area contributed by atoms with E-state index in [4.69, 9.17) is 5.73 Å². The molecular weight excluding hydrogens is 234 g/mol. The van der Waals surface area contributed by atoms with E-state index in [1.54, 1.807) is 0 Å². The van der Waals surface area contributed by atoms with Crippen molar-refractivity contribution in [2.45, 2.75) is 18.2 Å². The highest BCUT2D eigenvalue weighted by molar-refractivity contribution is 7.99. The topological polar surface area (TPSA) is 67.2 Å². The molecule has 0 atom stereocenters. The zero-order valence-electron chi connectivity index (χ0n) is 10.0. The molecule has 1 aromatic rings. The lowest BCUT2D eigenvalue weighted by Gasteiger charge is -2.07. The molecule has 0 aliphatic heterocycles. The summed E-state index contributed by atoms with van der Waals surface area (Å²) in [6, 6.07) is 7.61. The monoisotopic (exact) mass is 253 g/mol. The van der Waals surface area contributed by atoms with E-state index >= 15 is 0 Å². The first-order chi connectivity index (χ1) is 8.26. The van der Waals surface area contributed by atoms with Crippen molar-refractivity contribution in [2.75, 3.05) is 24.2 Å². The van der Waals surface area contributed by atoms with Crippen molar-refractivity contribution in [2.24, 2.45) is 5.73 Å². The molecule has 17 heavy (non-hydrogen) atoms. The number of rotatable bonds is 6. The number of urea groups is 1. The van der Waals surface area contributed by atoms with Crippen LogP contribution in [0.15, 0.2) is 29.2 Å². The number of nitrogens with two attached hydrogens (primary N) is 1. The van der Waals surface area contributed by atoms with Crippen molar-refractivity contribution in [3.63, 3.8) is 0 Å². The molecule has 0 unspecified atom stereocenters. The Balaban J connectivity index is 2.42. The minimum absolute atomic E-state index is 0.218. The number of hydrogen-bond donors (Lipinski definition) is 3. The number of benzene rings is 1. The van der Waals surface area contributed by atoms with E-state index in [2.05, 4.69) is 17.6 Å². The van der Waals surface area contributed by atoms with Gasteiger partial charge in [-0.15, -0.1) is 11.8 Å². The Morgan fingerprint density at radius 2 is 2.06 bits per heavy atom. The molecular formula is C12H19N3OS. The van der Waals surface area contributed by atoms with Gasteiger partial charge in [-0.25, -0.2) is 4.79 Å². The average molecular weight is 253 g/mol. The van der Waals surface area contributed by atoms with Gasteiger partial charge in [-0.2, -0.15) is 0 Å². The van der Waals surface area contributed by atoms with Gasteiger partial charge in [0.1, 0.15) is 0 Å². The SMILES string of the molecule is CCCSc1ccc(NC(=O)NCCN)cc1. The maximum absolute atomic E-state index is 11.3. The van der Waals surface area contributed by atoms with Gasteiger partial charge in [-0.3, -0.25) is 0 Å². The minimum atomic E-state index is -0.218. The lowest BCUT2D eigenvalue weighted by atomic mass is 10.3. The summed E-state index contributed by atoms with van der Waals surface area (Å²) < 4.78 is 0. The summed E-state index contributed by atoms with van der Waals surface area (Å²) >= 11 is 1.82. The standard InChI is InChI=1S/C12H19N3OS/c1-2-9-17-11-5-3-10(4-6-11)15-12(16)14-8-7-13/h3-6H,2,7-9,13H2,1H3,(H2,14,15,16). The Morgan fingerprint density at radius 3 is 2.65 bits per heavy atom. The number of nitrogens with one attached hydrogen (secondary N) is 2. The summed E-state index contributed by atoms with van der Waals surface area (Å²) in [4.78, 5) is 12.6. The summed E-state index contributed by atoms with van der Waals surface area (Å²) in [5, 5.41) is 5.39. The second-order valence-electron chi connectivity index (χ2n) is 3.54. The third-order valence-electron chi connectivity index (χ3n) is 2.01. The van der Waals surface area contributed by atoms with Gasteiger partial charge >= 0.3 is 6.03 Å². The fourth-order valence-electron chi connectivity index (χ4n) is 1.22. The van der Waals surface area contributed by atoms with E-state index in [-0.39, 0.29) is 6.03 Å². The molecule has 4 N–H and O–H groups in total. The third kappa shape index (κ3) is 5.60. The maximum atomic E-state index is 11.3. The zero-order valence-corrected chi connectivity index (χ0v) is 10.8. The van der Waals surface area contributed by atoms with E-state index in [1.165, 1.54) is 4.90 Å². The Kier molecular flexibility index (Phi) is 6.50. The maximum Gasteiger partial charge on any atom is 0.319 e. The smallest absolute Gasteiger partial charge is 0.319 e. The molecule has 5 heteroatoms. The van der Waals surface area contributed by atoms with E-state index in [0.29, 0.717) is 13.1 Å². The van der Waals surface area contributed by atoms with Crippen LogP contribution in [0.25, 0.3) is 0 Å². The van der Waals surface area contributed by atoms with Gasteiger partial charge in [0.25, 0.3) is 0 Å². The summed E-state index contributed by atoms with van der Waals surface area (Å²) in [7, 11) is 0. The van der Waals surface area contributed by atoms with Crippen LogP contribution in [0.5, 0.6) is 0 Å². The Bertz CT molecular complexity index is 340. The van der Waals surface area contributed by atoms with Crippen molar-refractivity contribution in [1.82, 2.24) is 5.32 Å². The average Bonchev–Trinajstić information content (AvgIpc) is 2.35. The lowest BCUT2D eigenvalue weighted by molar-refractivity contribution is 0.252. The van der Waals surface area contributed by atoms with Crippen molar-refractivity contribution in [3.8, 4) is 0 Å². The number of carbonyl (C=O) groups excluding carboxylic acids is 1. The molecule has 0 bridgehead atoms. The summed E-state index contributed by atoms with van der Waals surface area (Å²) in [5.41, 5.74) is 6.08. The first kappa shape index (κ1) is 13.9. The largest absolute Gasteiger partial charge is 0.337 e. The predicted octanol–water partition coefficient (Wildman–Crippen LogP) is 2.27. The lowest BCUT2D eigenvalue weighted by Crippen LogP contribution is -2.32. The highest BCUT2D eigenvalue weighted by atomic mass is 32.2. The van der Waals surface area contributed by atoms with Crippen LogP contribution in [0.3, 0.4) is 0 Å². The van der Waals surface area contributed by atoms with Gasteiger partial charge in [-0.05, 0) is 36.4 Å². The van der Waals surface area contributed by atoms with Gasteiger partial charge in [0.2, 0.25) is 0 Å². The van der Waals surface area contributed by atoms with Crippen LogP contribution in [0.4, 0.5) is 10.5 Å². The van der Waals surface area contributed by atoms with Crippen LogP contribution >= 0.6 is 11.8 Å². The molecule has 0 fully saturated rings. The Hall–Kier alpha value is -1.20. The van der Waals surface area contributed by atoms with Crippen LogP contribution in [-0.4, -0.2) is 24.9 Å². The Morgan fingerprint density at radius 1 is 1.35 bits per heavy atom. The molecule has 0 aliphatic carbocycles. The first-order valence-electron chi connectivity index (χ1n) is 5.74. The fourth-order valence-corrected chi connectivity index (χ4v) is 1.98. The molecule has 0 radical (unpaired) electrons. The molecule has 0 aromatic heterocycles. The van der Waals surface area contributed by atoms with Crippen molar-refractivity contribution < 1.29 is 4.79 Å². The summed E-state index contributed by atoms with van der Waals surface area (Å²) in [6.07, 6.45) is 1.16. The van der Waals surface area contributed by atoms with Crippen LogP contribution < -0.4 is 16.4 Å². The highest BCUT2D eigenvalue weighted by Gasteiger charge is 2.00. The zero-order chi connectivity index (χ0) is 12.5. The normalized spacial score (nSPS) is 10.0. The number of hydrogen-bond acceptors (Lipinski definition) is 3. The van der Waals surface area contributed by atoms with E-state index in [0.717, 1.165) is 17.9 Å². The van der Waals surface area contributed by atoms with Crippen molar-refractivity contribution >= 4 is 23.5 Å². The molecule has 94 valence electrons. The molecule has 0 saturated carbocycles. The molecule has 0 saturated heterocycles. The fraction of sp³-hybridized carbons (Fsp3) is 0.417. The molecule has 0 heterocycles. The van der Waals surface area contributed by atoms with Crippen LogP contribution in [0, 0.1) is 0 Å². The van der Waals surface area contributed by atoms with Gasteiger partial charge < -0.3 is 16.4 Å². The molecule has 1 aromatic carbocycles. The van der Waals surface area contributed by atoms with Gasteiger partial charge in [0.15, 0.2) is 0 Å². The first-order valence-corrected chi connectivity index (χ1v) is 6.72. The third-order valence-corrected chi connectivity index (χ3v) is 3.23. The van der Waals surface area contributed by atoms with Crippen LogP contribution in [0.1, 0.15) is 13.3 Å². The number of carbonyl (C=O) groups is 1. The van der Waals surface area contributed by atoms with Gasteiger partial charge in [-0.1, -0.05) is 6.92 Å². The van der Waals surface area contributed by atoms with Gasteiger partial charge in [0.05, 0.1) is 0 Å². The van der Waals surface area contributed by atoms with E-state index < -0.39 is 0 Å². The van der Waals surface area contributed by atoms with Crippen molar-refractivity contribution in [1.29, 1.82) is 0 Å². The second-order valence-corrected chi connectivity index (χ2v) is 4.71. The summed E-state index contributed by atoms with van der Waals surface area (Å²) in [6.45, 7) is 3.08. The number of amides is 2. The molecule has 4 nitrogen and oxygen atoms in total. The predicted molar refractivity (Wildman–Crippen MR) is 73.5 cm³/mol. The second kappa shape index (κ2) is 7.97. The number of thioether (sulfide) groups is 1. The number of anilines is 1. The quantitative estimate of drug-likeness (QED) is 0.681. The molecule has 0 spiro atoms. The van der Waals surface area contributed by atoms with Crippen molar-refractivity contribution in [3.05, 3.63) is 24.3 Å². The Labute approximate surface area is 106 Å². The summed E-state index contributed by atoms with van der Waals surface area (Å²) in [5.74, 6) is 1.11. The van der Waals surface area contributed by atoms with E-state index in [1.807, 2.05) is 36.0 Å². The minimum Gasteiger partial charge on any atom is -0.337 e. The molecule has 1 rings (SSSR count). The van der Waals surface area contributed by atoms with Crippen LogP contribution in [-0.2, 0) is 0 Å². The highest BCUT2D eigenvalue weighted by Crippen LogP contribution is 2.20. The molecule has 0 aliphatic rings.